The van der Waals surface area contributed by atoms with E-state index in [4.69, 9.17) is 5.73 Å². The molecule has 4 nitrogen and oxygen atoms in total. The number of hydrogen-bond donors (Lipinski definition) is 2. The number of hydrogen-bond acceptors (Lipinski definition) is 3. The van der Waals surface area contributed by atoms with Gasteiger partial charge < -0.3 is 16.0 Å². The van der Waals surface area contributed by atoms with Crippen molar-refractivity contribution in [3.63, 3.8) is 0 Å². The zero-order valence-corrected chi connectivity index (χ0v) is 13.2. The van der Waals surface area contributed by atoms with E-state index in [1.165, 1.54) is 11.1 Å². The molecule has 2 rings (SSSR count). The summed E-state index contributed by atoms with van der Waals surface area (Å²) in [5, 5.41) is 3.05. The summed E-state index contributed by atoms with van der Waals surface area (Å²) in [6.45, 7) is 5.11. The Hall–Kier alpha value is -1.39. The highest BCUT2D eigenvalue weighted by Gasteiger charge is 2.28. The molecule has 1 aromatic carbocycles. The topological polar surface area (TPSA) is 58.4 Å². The van der Waals surface area contributed by atoms with Gasteiger partial charge in [0.05, 0.1) is 5.54 Å². The number of amides is 1. The zero-order valence-electron chi connectivity index (χ0n) is 13.2. The third-order valence-corrected chi connectivity index (χ3v) is 4.76. The highest BCUT2D eigenvalue weighted by Crippen LogP contribution is 2.17. The lowest BCUT2D eigenvalue weighted by Gasteiger charge is -2.27. The molecule has 1 unspecified atom stereocenters. The summed E-state index contributed by atoms with van der Waals surface area (Å²) in [6, 6.07) is 8.73. The molecule has 4 heteroatoms. The van der Waals surface area contributed by atoms with Gasteiger partial charge in [-0.05, 0) is 57.3 Å². The maximum atomic E-state index is 11.5. The third kappa shape index (κ3) is 4.05. The normalized spacial score (nSPS) is 18.6. The molecule has 0 bridgehead atoms. The van der Waals surface area contributed by atoms with E-state index >= 15 is 0 Å². The lowest BCUT2D eigenvalue weighted by Crippen LogP contribution is -2.51. The van der Waals surface area contributed by atoms with E-state index in [0.29, 0.717) is 0 Å². The summed E-state index contributed by atoms with van der Waals surface area (Å²) in [7, 11) is 1.80. The van der Waals surface area contributed by atoms with Gasteiger partial charge >= 0.3 is 0 Å². The molecule has 1 aliphatic rings. The molecule has 0 spiro atoms. The maximum absolute atomic E-state index is 11.5. The largest absolute Gasteiger partial charge is 0.368 e. The quantitative estimate of drug-likeness (QED) is 0.830. The second-order valence-corrected chi connectivity index (χ2v) is 6.16. The Bertz CT molecular complexity index is 462. The smallest absolute Gasteiger partial charge is 0.237 e. The maximum Gasteiger partial charge on any atom is 0.237 e. The standard InChI is InChI=1S/C17H27N3O/c1-17(19-2,16(18)21)10-5-11-20-12-8-14-6-3-4-7-15(14)9-13-20/h3-4,6-7,19H,5,8-13H2,1-2H3,(H2,18,21). The number of carbonyl (C=O) groups is 1. The molecular formula is C17H27N3O. The fourth-order valence-corrected chi connectivity index (χ4v) is 2.97. The number of likely N-dealkylation sites (N-methyl/N-ethyl adjacent to an activating group) is 1. The van der Waals surface area contributed by atoms with E-state index in [1.807, 2.05) is 6.92 Å². The highest BCUT2D eigenvalue weighted by atomic mass is 16.1. The van der Waals surface area contributed by atoms with Crippen LogP contribution in [-0.2, 0) is 17.6 Å². The van der Waals surface area contributed by atoms with Crippen molar-refractivity contribution in [3.05, 3.63) is 35.4 Å². The summed E-state index contributed by atoms with van der Waals surface area (Å²) < 4.78 is 0. The average Bonchev–Trinajstić information content (AvgIpc) is 2.69. The van der Waals surface area contributed by atoms with Gasteiger partial charge in [0, 0.05) is 13.1 Å². The molecular weight excluding hydrogens is 262 g/mol. The van der Waals surface area contributed by atoms with Crippen LogP contribution in [0.2, 0.25) is 0 Å². The van der Waals surface area contributed by atoms with Crippen molar-refractivity contribution in [2.75, 3.05) is 26.7 Å². The number of nitrogens with zero attached hydrogens (tertiary/aromatic N) is 1. The van der Waals surface area contributed by atoms with Crippen molar-refractivity contribution < 1.29 is 4.79 Å². The minimum atomic E-state index is -0.588. The van der Waals surface area contributed by atoms with Crippen LogP contribution in [0.1, 0.15) is 30.9 Å². The minimum Gasteiger partial charge on any atom is -0.368 e. The Labute approximate surface area is 127 Å². The second kappa shape index (κ2) is 7.05. The van der Waals surface area contributed by atoms with Gasteiger partial charge in [-0.25, -0.2) is 0 Å². The molecule has 116 valence electrons. The third-order valence-electron chi connectivity index (χ3n) is 4.76. The van der Waals surface area contributed by atoms with E-state index in [0.717, 1.165) is 45.3 Å². The van der Waals surface area contributed by atoms with Gasteiger partial charge in [-0.2, -0.15) is 0 Å². The van der Waals surface area contributed by atoms with E-state index < -0.39 is 5.54 Å². The molecule has 3 N–H and O–H groups in total. The van der Waals surface area contributed by atoms with Gasteiger partial charge in [0.15, 0.2) is 0 Å². The first-order valence-electron chi connectivity index (χ1n) is 7.83. The lowest BCUT2D eigenvalue weighted by molar-refractivity contribution is -0.123. The Balaban J connectivity index is 1.82. The molecule has 1 atom stereocenters. The molecule has 0 fully saturated rings. The Kier molecular flexibility index (Phi) is 5.37. The number of nitrogens with one attached hydrogen (secondary N) is 1. The summed E-state index contributed by atoms with van der Waals surface area (Å²) in [6.07, 6.45) is 4.00. The number of nitrogens with two attached hydrogens (primary N) is 1. The summed E-state index contributed by atoms with van der Waals surface area (Å²) >= 11 is 0. The van der Waals surface area contributed by atoms with Gasteiger partial charge in [-0.3, -0.25) is 4.79 Å². The Morgan fingerprint density at radius 3 is 2.33 bits per heavy atom. The zero-order chi connectivity index (χ0) is 15.3. The van der Waals surface area contributed by atoms with Crippen LogP contribution in [0.15, 0.2) is 24.3 Å². The minimum absolute atomic E-state index is 0.270. The van der Waals surface area contributed by atoms with Crippen molar-refractivity contribution in [1.82, 2.24) is 10.2 Å². The first-order chi connectivity index (χ1) is 10.0. The first-order valence-corrected chi connectivity index (χ1v) is 7.83. The predicted molar refractivity (Wildman–Crippen MR) is 86.2 cm³/mol. The molecule has 0 aromatic heterocycles. The molecule has 1 aliphatic heterocycles. The van der Waals surface area contributed by atoms with Crippen molar-refractivity contribution in [1.29, 1.82) is 0 Å². The summed E-state index contributed by atoms with van der Waals surface area (Å²) in [5.74, 6) is -0.270. The van der Waals surface area contributed by atoms with Crippen LogP contribution in [0.25, 0.3) is 0 Å². The van der Waals surface area contributed by atoms with Gasteiger partial charge in [0.25, 0.3) is 0 Å². The number of benzene rings is 1. The van der Waals surface area contributed by atoms with Crippen molar-refractivity contribution in [2.45, 2.75) is 38.1 Å². The fourth-order valence-electron chi connectivity index (χ4n) is 2.97. The molecule has 1 aromatic rings. The number of primary amides is 1. The first kappa shape index (κ1) is 16.0. The van der Waals surface area contributed by atoms with Crippen LogP contribution in [0, 0.1) is 0 Å². The molecule has 0 saturated carbocycles. The Morgan fingerprint density at radius 1 is 1.29 bits per heavy atom. The number of rotatable bonds is 6. The van der Waals surface area contributed by atoms with Gasteiger partial charge in [-0.15, -0.1) is 0 Å². The van der Waals surface area contributed by atoms with Crippen LogP contribution < -0.4 is 11.1 Å². The van der Waals surface area contributed by atoms with Crippen LogP contribution in [0.3, 0.4) is 0 Å². The van der Waals surface area contributed by atoms with Gasteiger partial charge in [0.2, 0.25) is 5.91 Å². The van der Waals surface area contributed by atoms with E-state index in [9.17, 15) is 4.79 Å². The second-order valence-electron chi connectivity index (χ2n) is 6.16. The van der Waals surface area contributed by atoms with Crippen LogP contribution in [0.4, 0.5) is 0 Å². The van der Waals surface area contributed by atoms with Gasteiger partial charge in [-0.1, -0.05) is 24.3 Å². The number of carbonyl (C=O) groups excluding carboxylic acids is 1. The van der Waals surface area contributed by atoms with Crippen molar-refractivity contribution in [3.8, 4) is 0 Å². The van der Waals surface area contributed by atoms with E-state index in [-0.39, 0.29) is 5.91 Å². The predicted octanol–water partition coefficient (Wildman–Crippen LogP) is 1.33. The summed E-state index contributed by atoms with van der Waals surface area (Å²) in [4.78, 5) is 14.0. The highest BCUT2D eigenvalue weighted by molar-refractivity contribution is 5.84. The lowest BCUT2D eigenvalue weighted by atomic mass is 9.95. The fraction of sp³-hybridized carbons (Fsp3) is 0.588. The monoisotopic (exact) mass is 289 g/mol. The molecule has 21 heavy (non-hydrogen) atoms. The average molecular weight is 289 g/mol. The summed E-state index contributed by atoms with van der Waals surface area (Å²) in [5.41, 5.74) is 7.85. The molecule has 0 aliphatic carbocycles. The van der Waals surface area contributed by atoms with Crippen LogP contribution >= 0.6 is 0 Å². The molecule has 1 heterocycles. The molecule has 0 saturated heterocycles. The molecule has 1 amide bonds. The van der Waals surface area contributed by atoms with Crippen LogP contribution in [-0.4, -0.2) is 43.0 Å². The van der Waals surface area contributed by atoms with Crippen molar-refractivity contribution >= 4 is 5.91 Å². The SMILES string of the molecule is CNC(C)(CCCN1CCc2ccccc2CC1)C(N)=O. The van der Waals surface area contributed by atoms with E-state index in [1.54, 1.807) is 7.05 Å². The molecule has 0 radical (unpaired) electrons. The van der Waals surface area contributed by atoms with Crippen LogP contribution in [0.5, 0.6) is 0 Å². The number of fused-ring (bicyclic) bond motifs is 1. The van der Waals surface area contributed by atoms with E-state index in [2.05, 4.69) is 34.5 Å². The van der Waals surface area contributed by atoms with Crippen molar-refractivity contribution in [2.24, 2.45) is 5.73 Å². The Morgan fingerprint density at radius 2 is 1.86 bits per heavy atom. The van der Waals surface area contributed by atoms with Gasteiger partial charge in [0.1, 0.15) is 0 Å².